The summed E-state index contributed by atoms with van der Waals surface area (Å²) in [4.78, 5) is 26.1. The van der Waals surface area contributed by atoms with E-state index in [2.05, 4.69) is 20.1 Å². The van der Waals surface area contributed by atoms with E-state index in [9.17, 15) is 9.90 Å². The van der Waals surface area contributed by atoms with Crippen molar-refractivity contribution in [1.29, 1.82) is 0 Å². The van der Waals surface area contributed by atoms with Gasteiger partial charge < -0.3 is 9.84 Å². The fourth-order valence-corrected chi connectivity index (χ4v) is 3.58. The molecule has 1 unspecified atom stereocenters. The molecule has 0 fully saturated rings. The summed E-state index contributed by atoms with van der Waals surface area (Å²) >= 11 is 6.41. The molecule has 0 bridgehead atoms. The van der Waals surface area contributed by atoms with Crippen molar-refractivity contribution in [2.24, 2.45) is 7.05 Å². The molecule has 1 atom stereocenters. The lowest BCUT2D eigenvalue weighted by Gasteiger charge is -2.16. The number of pyridine rings is 2. The predicted octanol–water partition coefficient (Wildman–Crippen LogP) is 3.33. The van der Waals surface area contributed by atoms with Crippen molar-refractivity contribution in [1.82, 2.24) is 29.3 Å². The van der Waals surface area contributed by atoms with Crippen LogP contribution in [0.4, 0.5) is 0 Å². The number of halogens is 1. The number of hydrogen-bond donors (Lipinski definition) is 1. The van der Waals surface area contributed by atoms with Gasteiger partial charge in [0.25, 0.3) is 5.56 Å². The summed E-state index contributed by atoms with van der Waals surface area (Å²) in [5.74, 6) is 0.590. The largest absolute Gasteiger partial charge is 0.485 e. The molecule has 1 N–H and O–H groups in total. The fraction of sp³-hybridized carbons (Fsp3) is 0.261. The Kier molecular flexibility index (Phi) is 6.26. The summed E-state index contributed by atoms with van der Waals surface area (Å²) in [6.45, 7) is 5.45. The van der Waals surface area contributed by atoms with Crippen molar-refractivity contribution in [3.05, 3.63) is 81.0 Å². The van der Waals surface area contributed by atoms with Crippen LogP contribution >= 0.6 is 11.6 Å². The van der Waals surface area contributed by atoms with Crippen molar-refractivity contribution in [3.8, 4) is 22.8 Å². The molecule has 9 nitrogen and oxygen atoms in total. The van der Waals surface area contributed by atoms with Gasteiger partial charge in [0.1, 0.15) is 23.5 Å². The minimum Gasteiger partial charge on any atom is -0.485 e. The maximum absolute atomic E-state index is 13.2. The Morgan fingerprint density at radius 3 is 2.67 bits per heavy atom. The third-order valence-corrected chi connectivity index (χ3v) is 5.42. The molecule has 0 aliphatic heterocycles. The first-order chi connectivity index (χ1) is 15.7. The number of rotatable bonds is 6. The van der Waals surface area contributed by atoms with E-state index < -0.39 is 11.7 Å². The van der Waals surface area contributed by atoms with E-state index >= 15 is 0 Å². The van der Waals surface area contributed by atoms with E-state index in [1.165, 1.54) is 4.57 Å². The molecule has 0 saturated carbocycles. The predicted molar refractivity (Wildman–Crippen MR) is 124 cm³/mol. The zero-order chi connectivity index (χ0) is 23.7. The molecular formula is C23H23ClN6O3. The molecule has 4 aromatic rings. The summed E-state index contributed by atoms with van der Waals surface area (Å²) in [6.07, 6.45) is 4.24. The van der Waals surface area contributed by atoms with Gasteiger partial charge in [-0.15, -0.1) is 0 Å². The maximum atomic E-state index is 13.2. The molecule has 10 heteroatoms. The van der Waals surface area contributed by atoms with Crippen LogP contribution in [0.5, 0.6) is 5.75 Å². The molecular weight excluding hydrogens is 444 g/mol. The van der Waals surface area contributed by atoms with Crippen molar-refractivity contribution in [2.75, 3.05) is 0 Å². The van der Waals surface area contributed by atoms with Gasteiger partial charge in [-0.25, -0.2) is 9.97 Å². The van der Waals surface area contributed by atoms with Crippen LogP contribution in [-0.2, 0) is 13.7 Å². The standard InChI is InChI=1S/C23H23ClN6O3/c1-13-11-26-18(17-5-7-25-22(27-17)15(3)31)10-19(13)30-14(2)9-20(21(24)23(30)32)33-12-16-6-8-29(4)28-16/h5-11,15,31H,12H2,1-4H3. The Bertz CT molecular complexity index is 1380. The minimum absolute atomic E-state index is 0.0206. The van der Waals surface area contributed by atoms with Gasteiger partial charge in [0.05, 0.1) is 22.8 Å². The molecule has 0 radical (unpaired) electrons. The van der Waals surface area contributed by atoms with Gasteiger partial charge >= 0.3 is 0 Å². The van der Waals surface area contributed by atoms with E-state index in [0.29, 0.717) is 34.3 Å². The Morgan fingerprint density at radius 2 is 1.97 bits per heavy atom. The van der Waals surface area contributed by atoms with Crippen LogP contribution in [0.3, 0.4) is 0 Å². The third-order valence-electron chi connectivity index (χ3n) is 5.07. The summed E-state index contributed by atoms with van der Waals surface area (Å²) < 4.78 is 8.97. The van der Waals surface area contributed by atoms with Crippen LogP contribution in [0, 0.1) is 13.8 Å². The third kappa shape index (κ3) is 4.64. The van der Waals surface area contributed by atoms with Crippen LogP contribution in [0.2, 0.25) is 5.02 Å². The van der Waals surface area contributed by atoms with Crippen molar-refractivity contribution in [3.63, 3.8) is 0 Å². The maximum Gasteiger partial charge on any atom is 0.277 e. The molecule has 4 aromatic heterocycles. The number of ether oxygens (including phenoxy) is 1. The van der Waals surface area contributed by atoms with Crippen LogP contribution < -0.4 is 10.3 Å². The topological polar surface area (TPSA) is 108 Å². The average Bonchev–Trinajstić information content (AvgIpc) is 3.21. The highest BCUT2D eigenvalue weighted by Gasteiger charge is 2.17. The lowest BCUT2D eigenvalue weighted by atomic mass is 10.1. The first kappa shape index (κ1) is 22.6. The van der Waals surface area contributed by atoms with Crippen molar-refractivity contribution >= 4 is 11.6 Å². The molecule has 33 heavy (non-hydrogen) atoms. The van der Waals surface area contributed by atoms with Gasteiger partial charge in [0.2, 0.25) is 0 Å². The summed E-state index contributed by atoms with van der Waals surface area (Å²) in [6, 6.07) is 7.02. The second-order valence-electron chi connectivity index (χ2n) is 7.71. The van der Waals surface area contributed by atoms with E-state index in [1.54, 1.807) is 49.1 Å². The molecule has 4 rings (SSSR count). The zero-order valence-corrected chi connectivity index (χ0v) is 19.4. The highest BCUT2D eigenvalue weighted by atomic mass is 35.5. The quantitative estimate of drug-likeness (QED) is 0.464. The highest BCUT2D eigenvalue weighted by molar-refractivity contribution is 6.31. The number of hydrogen-bond acceptors (Lipinski definition) is 7. The van der Waals surface area contributed by atoms with E-state index in [4.69, 9.17) is 16.3 Å². The molecule has 0 spiro atoms. The lowest BCUT2D eigenvalue weighted by Crippen LogP contribution is -2.22. The second kappa shape index (κ2) is 9.13. The van der Waals surface area contributed by atoms with Crippen LogP contribution in [0.1, 0.15) is 35.8 Å². The van der Waals surface area contributed by atoms with Gasteiger partial charge in [-0.1, -0.05) is 11.6 Å². The highest BCUT2D eigenvalue weighted by Crippen LogP contribution is 2.27. The van der Waals surface area contributed by atoms with Crippen molar-refractivity contribution < 1.29 is 9.84 Å². The van der Waals surface area contributed by atoms with Gasteiger partial charge in [-0.2, -0.15) is 5.10 Å². The second-order valence-corrected chi connectivity index (χ2v) is 8.08. The normalized spacial score (nSPS) is 12.1. The van der Waals surface area contributed by atoms with E-state index in [1.807, 2.05) is 26.2 Å². The van der Waals surface area contributed by atoms with Gasteiger partial charge in [0, 0.05) is 37.4 Å². The SMILES string of the molecule is Cc1cnc(-c2ccnc(C(C)O)n2)cc1-n1c(C)cc(OCc2ccn(C)n2)c(Cl)c1=O. The molecule has 4 heterocycles. The van der Waals surface area contributed by atoms with Crippen LogP contribution in [0.25, 0.3) is 17.1 Å². The first-order valence-corrected chi connectivity index (χ1v) is 10.6. The smallest absolute Gasteiger partial charge is 0.277 e. The number of aliphatic hydroxyl groups excluding tert-OH is 1. The van der Waals surface area contributed by atoms with Gasteiger partial charge in [-0.3, -0.25) is 19.0 Å². The Morgan fingerprint density at radius 1 is 1.18 bits per heavy atom. The lowest BCUT2D eigenvalue weighted by molar-refractivity contribution is 0.189. The van der Waals surface area contributed by atoms with Crippen LogP contribution in [-0.4, -0.2) is 34.4 Å². The van der Waals surface area contributed by atoms with E-state index in [-0.39, 0.29) is 11.6 Å². The van der Waals surface area contributed by atoms with Crippen LogP contribution in [0.15, 0.2) is 47.7 Å². The molecule has 0 aromatic carbocycles. The monoisotopic (exact) mass is 466 g/mol. The molecule has 0 saturated heterocycles. The average molecular weight is 467 g/mol. The van der Waals surface area contributed by atoms with Gasteiger partial charge in [-0.05, 0) is 44.5 Å². The Hall–Kier alpha value is -3.56. The number of aryl methyl sites for hydroxylation is 3. The molecule has 0 aliphatic rings. The fourth-order valence-electron chi connectivity index (χ4n) is 3.39. The number of nitrogens with zero attached hydrogens (tertiary/aromatic N) is 6. The molecule has 0 amide bonds. The van der Waals surface area contributed by atoms with Gasteiger partial charge in [0.15, 0.2) is 5.82 Å². The summed E-state index contributed by atoms with van der Waals surface area (Å²) in [5.41, 5.74) is 3.46. The molecule has 170 valence electrons. The summed E-state index contributed by atoms with van der Waals surface area (Å²) in [7, 11) is 1.82. The Balaban J connectivity index is 1.73. The number of aromatic nitrogens is 6. The first-order valence-electron chi connectivity index (χ1n) is 10.3. The zero-order valence-electron chi connectivity index (χ0n) is 18.7. The van der Waals surface area contributed by atoms with E-state index in [0.717, 1.165) is 11.3 Å². The Labute approximate surface area is 195 Å². The minimum atomic E-state index is -0.808. The number of aliphatic hydroxyl groups is 1. The molecule has 0 aliphatic carbocycles. The van der Waals surface area contributed by atoms with Crippen molar-refractivity contribution in [2.45, 2.75) is 33.5 Å². The summed E-state index contributed by atoms with van der Waals surface area (Å²) in [5, 5.41) is 14.0.